The van der Waals surface area contributed by atoms with Crippen LogP contribution in [0.25, 0.3) is 54.5 Å². The molecule has 1 heteroatoms. The lowest BCUT2D eigenvalue weighted by molar-refractivity contribution is 0.327. The van der Waals surface area contributed by atoms with Gasteiger partial charge >= 0.3 is 0 Å². The van der Waals surface area contributed by atoms with Crippen molar-refractivity contribution in [1.29, 1.82) is 0 Å². The minimum atomic E-state index is 0.417. The Bertz CT molecular complexity index is 1450. The third kappa shape index (κ3) is 2.45. The summed E-state index contributed by atoms with van der Waals surface area (Å²) < 4.78 is 0. The van der Waals surface area contributed by atoms with Gasteiger partial charge in [0.1, 0.15) is 0 Å². The molecule has 0 saturated heterocycles. The number of benzene rings is 5. The Morgan fingerprint density at radius 2 is 1.22 bits per heavy atom. The quantitative estimate of drug-likeness (QED) is 0.209. The zero-order valence-corrected chi connectivity index (χ0v) is 19.2. The molecule has 0 fully saturated rings. The molecule has 1 unspecified atom stereocenters. The second-order valence-electron chi connectivity index (χ2n) is 9.74. The second-order valence-corrected chi connectivity index (χ2v) is 9.74. The standard InChI is InChI=1S/C31H29N/c1-6-22(17-18(2)3)32-19(4)23-13-15-27-25-11-7-9-21-10-8-12-26(29(21)25)28-16-14-24(20(32)5)30(23)31(27)28/h7-16,18,22H,4-6,17H2,1-3H3. The highest BCUT2D eigenvalue weighted by molar-refractivity contribution is 6.34. The Labute approximate surface area is 190 Å². The Hall–Kier alpha value is -3.32. The first-order valence-electron chi connectivity index (χ1n) is 11.8. The number of nitrogens with zero attached hydrogens (tertiary/aromatic N) is 1. The molecule has 0 N–H and O–H groups in total. The van der Waals surface area contributed by atoms with E-state index in [0.29, 0.717) is 12.0 Å². The molecule has 0 radical (unpaired) electrons. The number of hydrogen-bond donors (Lipinski definition) is 0. The molecule has 6 rings (SSSR count). The smallest absolute Gasteiger partial charge is 0.0420 e. The van der Waals surface area contributed by atoms with Crippen LogP contribution in [0.4, 0.5) is 0 Å². The Balaban J connectivity index is 1.71. The molecule has 1 aliphatic rings. The van der Waals surface area contributed by atoms with Gasteiger partial charge in [0.2, 0.25) is 0 Å². The van der Waals surface area contributed by atoms with E-state index in [1.54, 1.807) is 0 Å². The van der Waals surface area contributed by atoms with Crippen molar-refractivity contribution in [1.82, 2.24) is 4.90 Å². The maximum absolute atomic E-state index is 4.60. The summed E-state index contributed by atoms with van der Waals surface area (Å²) in [7, 11) is 0. The van der Waals surface area contributed by atoms with Crippen LogP contribution in [0.3, 0.4) is 0 Å². The highest BCUT2D eigenvalue weighted by Crippen LogP contribution is 2.48. The highest BCUT2D eigenvalue weighted by atomic mass is 15.2. The van der Waals surface area contributed by atoms with Crippen molar-refractivity contribution in [3.05, 3.63) is 84.9 Å². The summed E-state index contributed by atoms with van der Waals surface area (Å²) in [6.45, 7) is 16.1. The Morgan fingerprint density at radius 1 is 0.688 bits per heavy atom. The van der Waals surface area contributed by atoms with Gasteiger partial charge in [-0.25, -0.2) is 0 Å². The molecule has 5 aromatic carbocycles. The first-order valence-corrected chi connectivity index (χ1v) is 11.8. The summed E-state index contributed by atoms with van der Waals surface area (Å²) in [5, 5.41) is 10.7. The van der Waals surface area contributed by atoms with Gasteiger partial charge in [-0.1, -0.05) is 94.6 Å². The van der Waals surface area contributed by atoms with Crippen molar-refractivity contribution in [2.45, 2.75) is 39.7 Å². The van der Waals surface area contributed by atoms with Crippen LogP contribution in [0.1, 0.15) is 44.7 Å². The van der Waals surface area contributed by atoms with Crippen LogP contribution in [-0.2, 0) is 0 Å². The lowest BCUT2D eigenvalue weighted by atomic mass is 9.83. The molecular weight excluding hydrogens is 386 g/mol. The lowest BCUT2D eigenvalue weighted by Crippen LogP contribution is -2.34. The second kappa shape index (κ2) is 6.84. The van der Waals surface area contributed by atoms with Crippen LogP contribution in [0, 0.1) is 5.92 Å². The fraction of sp³-hybridized carbons (Fsp3) is 0.226. The van der Waals surface area contributed by atoms with Crippen LogP contribution in [-0.4, -0.2) is 10.9 Å². The fourth-order valence-corrected chi connectivity index (χ4v) is 6.08. The minimum Gasteiger partial charge on any atom is -0.338 e. The van der Waals surface area contributed by atoms with Gasteiger partial charge in [-0.2, -0.15) is 0 Å². The maximum Gasteiger partial charge on any atom is 0.0420 e. The summed E-state index contributed by atoms with van der Waals surface area (Å²) in [6, 6.07) is 23.0. The summed E-state index contributed by atoms with van der Waals surface area (Å²) in [4.78, 5) is 2.41. The molecule has 32 heavy (non-hydrogen) atoms. The molecule has 0 bridgehead atoms. The molecule has 0 aliphatic carbocycles. The van der Waals surface area contributed by atoms with Gasteiger partial charge in [-0.3, -0.25) is 0 Å². The lowest BCUT2D eigenvalue weighted by Gasteiger charge is -2.41. The monoisotopic (exact) mass is 415 g/mol. The van der Waals surface area contributed by atoms with E-state index in [-0.39, 0.29) is 0 Å². The molecule has 1 heterocycles. The summed E-state index contributed by atoms with van der Waals surface area (Å²) in [5.41, 5.74) is 4.69. The molecule has 5 aromatic rings. The van der Waals surface area contributed by atoms with Crippen LogP contribution < -0.4 is 0 Å². The molecule has 1 nitrogen and oxygen atoms in total. The van der Waals surface area contributed by atoms with E-state index in [0.717, 1.165) is 24.2 Å². The van der Waals surface area contributed by atoms with E-state index in [2.05, 4.69) is 99.5 Å². The minimum absolute atomic E-state index is 0.417. The van der Waals surface area contributed by atoms with Crippen molar-refractivity contribution in [2.75, 3.05) is 0 Å². The van der Waals surface area contributed by atoms with E-state index < -0.39 is 0 Å². The highest BCUT2D eigenvalue weighted by Gasteiger charge is 2.31. The number of rotatable bonds is 4. The van der Waals surface area contributed by atoms with Gasteiger partial charge in [0.05, 0.1) is 0 Å². The van der Waals surface area contributed by atoms with Gasteiger partial charge in [-0.05, 0) is 56.5 Å². The molecule has 0 aromatic heterocycles. The zero-order valence-electron chi connectivity index (χ0n) is 19.2. The van der Waals surface area contributed by atoms with Crippen LogP contribution in [0.2, 0.25) is 0 Å². The van der Waals surface area contributed by atoms with E-state index in [1.165, 1.54) is 54.2 Å². The van der Waals surface area contributed by atoms with Gasteiger partial charge < -0.3 is 4.90 Å². The average Bonchev–Trinajstić information content (AvgIpc) is 2.80. The van der Waals surface area contributed by atoms with Crippen molar-refractivity contribution < 1.29 is 0 Å². The molecule has 1 atom stereocenters. The third-order valence-corrected chi connectivity index (χ3v) is 7.43. The van der Waals surface area contributed by atoms with E-state index in [9.17, 15) is 0 Å². The molecule has 1 aliphatic heterocycles. The maximum atomic E-state index is 4.60. The largest absolute Gasteiger partial charge is 0.338 e. The number of hydrogen-bond acceptors (Lipinski definition) is 1. The topological polar surface area (TPSA) is 3.24 Å². The summed E-state index contributed by atoms with van der Waals surface area (Å²) in [6.07, 6.45) is 2.22. The molecule has 0 saturated carbocycles. The Morgan fingerprint density at radius 3 is 1.72 bits per heavy atom. The molecule has 158 valence electrons. The van der Waals surface area contributed by atoms with Crippen molar-refractivity contribution in [3.8, 4) is 0 Å². The first-order chi connectivity index (χ1) is 15.5. The van der Waals surface area contributed by atoms with Gasteiger partial charge in [0, 0.05) is 33.9 Å². The van der Waals surface area contributed by atoms with E-state index in [4.69, 9.17) is 0 Å². The van der Waals surface area contributed by atoms with Crippen molar-refractivity contribution in [2.24, 2.45) is 5.92 Å². The third-order valence-electron chi connectivity index (χ3n) is 7.43. The van der Waals surface area contributed by atoms with Gasteiger partial charge in [0.15, 0.2) is 0 Å². The van der Waals surface area contributed by atoms with Gasteiger partial charge in [0.25, 0.3) is 0 Å². The predicted molar refractivity (Wildman–Crippen MR) is 141 cm³/mol. The van der Waals surface area contributed by atoms with E-state index in [1.807, 2.05) is 0 Å². The molecule has 0 spiro atoms. The Kier molecular flexibility index (Phi) is 4.14. The van der Waals surface area contributed by atoms with Crippen LogP contribution >= 0.6 is 0 Å². The summed E-state index contributed by atoms with van der Waals surface area (Å²) in [5.74, 6) is 0.634. The molecular formula is C31H29N. The first kappa shape index (κ1) is 19.4. The van der Waals surface area contributed by atoms with Crippen LogP contribution in [0.15, 0.2) is 73.8 Å². The predicted octanol–water partition coefficient (Wildman–Crippen LogP) is 8.82. The van der Waals surface area contributed by atoms with E-state index >= 15 is 0 Å². The zero-order chi connectivity index (χ0) is 22.1. The van der Waals surface area contributed by atoms with Crippen LogP contribution in [0.5, 0.6) is 0 Å². The number of fused-ring (bicyclic) bond motifs is 2. The van der Waals surface area contributed by atoms with Gasteiger partial charge in [-0.15, -0.1) is 0 Å². The fourth-order valence-electron chi connectivity index (χ4n) is 6.08. The average molecular weight is 416 g/mol. The van der Waals surface area contributed by atoms with Crippen molar-refractivity contribution in [3.63, 3.8) is 0 Å². The molecule has 0 amide bonds. The summed E-state index contributed by atoms with van der Waals surface area (Å²) >= 11 is 0. The van der Waals surface area contributed by atoms with Crippen molar-refractivity contribution >= 4 is 54.5 Å². The normalized spacial score (nSPS) is 15.2. The SMILES string of the molecule is C=C1c2ccc3c4cccc5cccc(c6ccc(c2c36)C(=C)N1C(CC)CC(C)C)c54.